The third kappa shape index (κ3) is 3.90. The molecule has 0 spiro atoms. The van der Waals surface area contributed by atoms with Crippen molar-refractivity contribution in [3.8, 4) is 0 Å². The van der Waals surface area contributed by atoms with Gasteiger partial charge in [-0.05, 0) is 30.0 Å². The van der Waals surface area contributed by atoms with Gasteiger partial charge in [-0.25, -0.2) is 4.98 Å². The molecule has 0 aliphatic heterocycles. The fraction of sp³-hybridized carbons (Fsp3) is 0.188. The first-order valence-electron chi connectivity index (χ1n) is 7.40. The molecular weight excluding hydrogens is 328 g/mol. The Morgan fingerprint density at radius 2 is 2.21 bits per heavy atom. The summed E-state index contributed by atoms with van der Waals surface area (Å²) in [5.74, 6) is -0.386. The Hall–Kier alpha value is -2.87. The van der Waals surface area contributed by atoms with E-state index in [1.807, 2.05) is 10.8 Å². The van der Waals surface area contributed by atoms with Crippen molar-refractivity contribution < 1.29 is 14.0 Å². The molecule has 2 amide bonds. The van der Waals surface area contributed by atoms with Gasteiger partial charge in [0.1, 0.15) is 5.00 Å². The Morgan fingerprint density at radius 1 is 1.29 bits per heavy atom. The Balaban J connectivity index is 1.52. The number of thiophene rings is 1. The molecule has 0 radical (unpaired) electrons. The zero-order valence-electron chi connectivity index (χ0n) is 12.8. The lowest BCUT2D eigenvalue weighted by Gasteiger charge is -2.07. The Kier molecular flexibility index (Phi) is 5.07. The van der Waals surface area contributed by atoms with Crippen molar-refractivity contribution in [1.82, 2.24) is 14.9 Å². The van der Waals surface area contributed by atoms with Crippen LogP contribution < -0.4 is 10.6 Å². The highest BCUT2D eigenvalue weighted by Crippen LogP contribution is 2.24. The molecular formula is C16H16N4O3S. The summed E-state index contributed by atoms with van der Waals surface area (Å²) in [6.07, 6.45) is 7.56. The lowest BCUT2D eigenvalue weighted by Crippen LogP contribution is -2.26. The topological polar surface area (TPSA) is 89.2 Å². The number of aryl methyl sites for hydroxylation is 1. The van der Waals surface area contributed by atoms with Crippen LogP contribution in [0.5, 0.6) is 0 Å². The number of hydrogen-bond donors (Lipinski definition) is 2. The van der Waals surface area contributed by atoms with E-state index in [0.717, 1.165) is 13.0 Å². The Morgan fingerprint density at radius 3 is 2.96 bits per heavy atom. The van der Waals surface area contributed by atoms with Crippen LogP contribution in [0, 0.1) is 0 Å². The van der Waals surface area contributed by atoms with Crippen molar-refractivity contribution in [2.45, 2.75) is 13.0 Å². The number of imidazole rings is 1. The van der Waals surface area contributed by atoms with E-state index < -0.39 is 0 Å². The largest absolute Gasteiger partial charge is 0.459 e. The number of nitrogens with zero attached hydrogens (tertiary/aromatic N) is 2. The molecule has 0 aliphatic rings. The van der Waals surface area contributed by atoms with Crippen LogP contribution >= 0.6 is 11.3 Å². The van der Waals surface area contributed by atoms with Crippen LogP contribution in [-0.4, -0.2) is 27.9 Å². The van der Waals surface area contributed by atoms with Gasteiger partial charge >= 0.3 is 0 Å². The fourth-order valence-electron chi connectivity index (χ4n) is 2.14. The summed E-state index contributed by atoms with van der Waals surface area (Å²) in [4.78, 5) is 28.2. The van der Waals surface area contributed by atoms with Gasteiger partial charge in [-0.3, -0.25) is 9.59 Å². The highest BCUT2D eigenvalue weighted by molar-refractivity contribution is 7.14. The summed E-state index contributed by atoms with van der Waals surface area (Å²) < 4.78 is 6.99. The Labute approximate surface area is 142 Å². The summed E-state index contributed by atoms with van der Waals surface area (Å²) in [5.41, 5.74) is 0.447. The van der Waals surface area contributed by atoms with E-state index in [1.165, 1.54) is 17.6 Å². The molecule has 0 saturated carbocycles. The van der Waals surface area contributed by atoms with Crippen LogP contribution in [0.3, 0.4) is 0 Å². The van der Waals surface area contributed by atoms with E-state index in [-0.39, 0.29) is 17.6 Å². The molecule has 3 heterocycles. The first kappa shape index (κ1) is 16.0. The molecule has 0 bridgehead atoms. The van der Waals surface area contributed by atoms with Crippen molar-refractivity contribution in [2.75, 3.05) is 11.9 Å². The average molecular weight is 344 g/mol. The number of furan rings is 1. The van der Waals surface area contributed by atoms with Gasteiger partial charge in [-0.1, -0.05) is 0 Å². The zero-order valence-corrected chi connectivity index (χ0v) is 13.6. The van der Waals surface area contributed by atoms with Crippen molar-refractivity contribution in [3.63, 3.8) is 0 Å². The van der Waals surface area contributed by atoms with E-state index in [9.17, 15) is 9.59 Å². The number of aromatic nitrogens is 2. The highest BCUT2D eigenvalue weighted by atomic mass is 32.1. The van der Waals surface area contributed by atoms with Crippen LogP contribution in [0.15, 0.2) is 53.0 Å². The van der Waals surface area contributed by atoms with E-state index >= 15 is 0 Å². The molecule has 124 valence electrons. The van der Waals surface area contributed by atoms with Gasteiger partial charge in [0.15, 0.2) is 5.76 Å². The van der Waals surface area contributed by atoms with E-state index in [4.69, 9.17) is 4.42 Å². The van der Waals surface area contributed by atoms with Crippen LogP contribution in [0.2, 0.25) is 0 Å². The smallest absolute Gasteiger partial charge is 0.291 e. The maximum absolute atomic E-state index is 12.3. The van der Waals surface area contributed by atoms with Crippen molar-refractivity contribution in [1.29, 1.82) is 0 Å². The Bertz CT molecular complexity index is 793. The summed E-state index contributed by atoms with van der Waals surface area (Å²) in [6, 6.07) is 4.89. The maximum Gasteiger partial charge on any atom is 0.291 e. The average Bonchev–Trinajstić information content (AvgIpc) is 3.32. The molecule has 3 aromatic rings. The maximum atomic E-state index is 12.3. The van der Waals surface area contributed by atoms with Gasteiger partial charge in [0.2, 0.25) is 0 Å². The molecule has 24 heavy (non-hydrogen) atoms. The predicted octanol–water partition coefficient (Wildman–Crippen LogP) is 2.61. The predicted molar refractivity (Wildman–Crippen MR) is 90.2 cm³/mol. The van der Waals surface area contributed by atoms with Crippen molar-refractivity contribution in [3.05, 3.63) is 59.9 Å². The number of nitrogens with one attached hydrogen (secondary N) is 2. The summed E-state index contributed by atoms with van der Waals surface area (Å²) in [7, 11) is 0. The fourth-order valence-corrected chi connectivity index (χ4v) is 2.91. The molecule has 0 aromatic carbocycles. The minimum Gasteiger partial charge on any atom is -0.459 e. The van der Waals surface area contributed by atoms with Crippen LogP contribution in [-0.2, 0) is 6.54 Å². The normalized spacial score (nSPS) is 10.5. The molecule has 0 fully saturated rings. The third-order valence-electron chi connectivity index (χ3n) is 3.32. The second-order valence-electron chi connectivity index (χ2n) is 5.00. The third-order valence-corrected chi connectivity index (χ3v) is 4.15. The SMILES string of the molecule is O=C(Nc1sccc1C(=O)NCCCn1ccnc1)c1ccco1. The summed E-state index contributed by atoms with van der Waals surface area (Å²) in [6.45, 7) is 1.32. The van der Waals surface area contributed by atoms with Crippen LogP contribution in [0.4, 0.5) is 5.00 Å². The number of carbonyl (C=O) groups is 2. The number of carbonyl (C=O) groups excluding carboxylic acids is 2. The van der Waals surface area contributed by atoms with Gasteiger partial charge in [0.25, 0.3) is 11.8 Å². The second kappa shape index (κ2) is 7.60. The van der Waals surface area contributed by atoms with Gasteiger partial charge in [0, 0.05) is 25.5 Å². The quantitative estimate of drug-likeness (QED) is 0.645. The molecule has 0 saturated heterocycles. The molecule has 3 aromatic heterocycles. The first-order valence-corrected chi connectivity index (χ1v) is 8.28. The van der Waals surface area contributed by atoms with Crippen molar-refractivity contribution in [2.24, 2.45) is 0 Å². The molecule has 0 atom stereocenters. The van der Waals surface area contributed by atoms with E-state index in [0.29, 0.717) is 17.1 Å². The second-order valence-corrected chi connectivity index (χ2v) is 5.92. The summed E-state index contributed by atoms with van der Waals surface area (Å²) >= 11 is 1.29. The molecule has 8 heteroatoms. The molecule has 7 nitrogen and oxygen atoms in total. The number of amides is 2. The molecule has 0 aliphatic carbocycles. The van der Waals surface area contributed by atoms with E-state index in [1.54, 1.807) is 36.1 Å². The standard InChI is InChI=1S/C16H16N4O3S/c21-14(18-5-2-7-20-8-6-17-11-20)12-4-10-24-16(12)19-15(22)13-3-1-9-23-13/h1,3-4,6,8-11H,2,5,7H2,(H,18,21)(H,19,22). The minimum atomic E-state index is -0.378. The lowest BCUT2D eigenvalue weighted by molar-refractivity contribution is 0.0954. The number of anilines is 1. The highest BCUT2D eigenvalue weighted by Gasteiger charge is 2.16. The van der Waals surface area contributed by atoms with Gasteiger partial charge < -0.3 is 19.6 Å². The first-order chi connectivity index (χ1) is 11.7. The van der Waals surface area contributed by atoms with Gasteiger partial charge in [0.05, 0.1) is 18.2 Å². The van der Waals surface area contributed by atoms with Crippen molar-refractivity contribution >= 4 is 28.2 Å². The lowest BCUT2D eigenvalue weighted by atomic mass is 10.3. The number of rotatable bonds is 7. The molecule has 3 rings (SSSR count). The monoisotopic (exact) mass is 344 g/mol. The zero-order chi connectivity index (χ0) is 16.8. The van der Waals surface area contributed by atoms with Crippen LogP contribution in [0.25, 0.3) is 0 Å². The molecule has 2 N–H and O–H groups in total. The minimum absolute atomic E-state index is 0.204. The van der Waals surface area contributed by atoms with E-state index in [2.05, 4.69) is 15.6 Å². The summed E-state index contributed by atoms with van der Waals surface area (Å²) in [5, 5.41) is 7.82. The number of hydrogen-bond acceptors (Lipinski definition) is 5. The van der Waals surface area contributed by atoms with Gasteiger partial charge in [-0.2, -0.15) is 0 Å². The van der Waals surface area contributed by atoms with Gasteiger partial charge in [-0.15, -0.1) is 11.3 Å². The van der Waals surface area contributed by atoms with Crippen LogP contribution in [0.1, 0.15) is 27.3 Å². The molecule has 0 unspecified atom stereocenters.